The van der Waals surface area contributed by atoms with E-state index in [4.69, 9.17) is 23.2 Å². The lowest BCUT2D eigenvalue weighted by Crippen LogP contribution is -2.10. The highest BCUT2D eigenvalue weighted by molar-refractivity contribution is 7.99. The molecule has 0 saturated carbocycles. The summed E-state index contributed by atoms with van der Waals surface area (Å²) in [5.74, 6) is -0.254. The average Bonchev–Trinajstić information content (AvgIpc) is 2.34. The van der Waals surface area contributed by atoms with Gasteiger partial charge in [0.1, 0.15) is 5.82 Å². The van der Waals surface area contributed by atoms with Crippen LogP contribution in [0, 0.1) is 5.82 Å². The minimum absolute atomic E-state index is 0.254. The Labute approximate surface area is 126 Å². The lowest BCUT2D eigenvalue weighted by molar-refractivity contribution is 0.626. The van der Waals surface area contributed by atoms with Gasteiger partial charge in [0.2, 0.25) is 0 Å². The molecule has 0 N–H and O–H groups in total. The van der Waals surface area contributed by atoms with Crippen LogP contribution in [0.3, 0.4) is 0 Å². The summed E-state index contributed by atoms with van der Waals surface area (Å²) in [4.78, 5) is 3.70. The van der Waals surface area contributed by atoms with Crippen LogP contribution in [0.4, 0.5) is 10.1 Å². The van der Waals surface area contributed by atoms with E-state index in [0.29, 0.717) is 10.0 Å². The second kappa shape index (κ2) is 6.04. The fraction of sp³-hybridized carbons (Fsp3) is 0.143. The van der Waals surface area contributed by atoms with Crippen LogP contribution >= 0.6 is 35.0 Å². The van der Waals surface area contributed by atoms with Crippen LogP contribution in [0.25, 0.3) is 0 Å². The first-order chi connectivity index (χ1) is 8.97. The van der Waals surface area contributed by atoms with Gasteiger partial charge in [-0.15, -0.1) is 0 Å². The maximum Gasteiger partial charge on any atom is 0.125 e. The van der Waals surface area contributed by atoms with Crippen molar-refractivity contribution in [3.63, 3.8) is 0 Å². The number of nitrogens with zero attached hydrogens (tertiary/aromatic N) is 1. The molecular weight excluding hydrogens is 304 g/mol. The molecule has 0 fully saturated rings. The van der Waals surface area contributed by atoms with Crippen LogP contribution < -0.4 is 4.90 Å². The van der Waals surface area contributed by atoms with Crippen LogP contribution in [0.5, 0.6) is 0 Å². The third-order valence-corrected chi connectivity index (χ3v) is 4.32. The van der Waals surface area contributed by atoms with E-state index in [-0.39, 0.29) is 5.82 Å². The maximum absolute atomic E-state index is 13.3. The molecule has 0 saturated heterocycles. The Kier molecular flexibility index (Phi) is 4.61. The Bertz CT molecular complexity index is 602. The first-order valence-corrected chi connectivity index (χ1v) is 7.14. The fourth-order valence-electron chi connectivity index (χ4n) is 1.60. The highest BCUT2D eigenvalue weighted by atomic mass is 35.5. The van der Waals surface area contributed by atoms with Crippen LogP contribution in [-0.4, -0.2) is 14.1 Å². The summed E-state index contributed by atoms with van der Waals surface area (Å²) in [6.07, 6.45) is 0. The van der Waals surface area contributed by atoms with Gasteiger partial charge >= 0.3 is 0 Å². The Morgan fingerprint density at radius 3 is 2.32 bits per heavy atom. The molecule has 0 aliphatic heterocycles. The number of hydrogen-bond donors (Lipinski definition) is 0. The smallest absolute Gasteiger partial charge is 0.125 e. The molecule has 0 radical (unpaired) electrons. The van der Waals surface area contributed by atoms with E-state index < -0.39 is 0 Å². The van der Waals surface area contributed by atoms with E-state index in [2.05, 4.69) is 0 Å². The molecule has 2 rings (SSSR count). The molecule has 1 nitrogen and oxygen atoms in total. The van der Waals surface area contributed by atoms with E-state index in [1.807, 2.05) is 25.1 Å². The monoisotopic (exact) mass is 315 g/mol. The van der Waals surface area contributed by atoms with E-state index in [9.17, 15) is 4.39 Å². The summed E-state index contributed by atoms with van der Waals surface area (Å²) < 4.78 is 13.3. The van der Waals surface area contributed by atoms with Gasteiger partial charge in [-0.2, -0.15) is 0 Å². The lowest BCUT2D eigenvalue weighted by Gasteiger charge is -2.17. The van der Waals surface area contributed by atoms with Gasteiger partial charge in [0.05, 0.1) is 10.7 Å². The third kappa shape index (κ3) is 3.56. The zero-order valence-electron chi connectivity index (χ0n) is 10.5. The molecule has 2 aromatic rings. The highest BCUT2D eigenvalue weighted by Crippen LogP contribution is 2.39. The number of halogens is 3. The summed E-state index contributed by atoms with van der Waals surface area (Å²) in [6.45, 7) is 0. The summed E-state index contributed by atoms with van der Waals surface area (Å²) >= 11 is 13.5. The van der Waals surface area contributed by atoms with Gasteiger partial charge in [0.25, 0.3) is 0 Å². The number of hydrogen-bond acceptors (Lipinski definition) is 2. The maximum atomic E-state index is 13.3. The molecule has 0 aromatic heterocycles. The molecule has 0 amide bonds. The number of benzene rings is 2. The first kappa shape index (κ1) is 14.5. The zero-order chi connectivity index (χ0) is 14.0. The Hall–Kier alpha value is -0.900. The van der Waals surface area contributed by atoms with Crippen LogP contribution in [0.15, 0.2) is 46.2 Å². The van der Waals surface area contributed by atoms with E-state index >= 15 is 0 Å². The SMILES string of the molecule is CN(C)c1cc(F)ccc1Sc1ccc(Cl)cc1Cl. The Morgan fingerprint density at radius 2 is 1.68 bits per heavy atom. The molecule has 5 heteroatoms. The van der Waals surface area contributed by atoms with Gasteiger partial charge in [-0.25, -0.2) is 4.39 Å². The molecule has 0 bridgehead atoms. The normalized spacial score (nSPS) is 10.6. The van der Waals surface area contributed by atoms with Gasteiger partial charge in [-0.05, 0) is 36.4 Å². The molecule has 19 heavy (non-hydrogen) atoms. The molecule has 0 atom stereocenters. The van der Waals surface area contributed by atoms with E-state index in [1.54, 1.807) is 18.2 Å². The fourth-order valence-corrected chi connectivity index (χ4v) is 3.14. The molecule has 0 aliphatic rings. The van der Waals surface area contributed by atoms with Crippen LogP contribution in [0.1, 0.15) is 0 Å². The summed E-state index contributed by atoms with van der Waals surface area (Å²) in [5, 5.41) is 1.19. The summed E-state index contributed by atoms with van der Waals surface area (Å²) in [6, 6.07) is 10.0. The number of rotatable bonds is 3. The molecule has 0 spiro atoms. The molecule has 0 unspecified atom stereocenters. The minimum Gasteiger partial charge on any atom is -0.377 e. The standard InChI is InChI=1S/C14H12Cl2FNS/c1-18(2)12-8-10(17)4-6-14(12)19-13-5-3-9(15)7-11(13)16/h3-8H,1-2H3. The van der Waals surface area contributed by atoms with Gasteiger partial charge in [-0.3, -0.25) is 0 Å². The number of anilines is 1. The van der Waals surface area contributed by atoms with Crippen molar-refractivity contribution in [1.82, 2.24) is 0 Å². The van der Waals surface area contributed by atoms with Crippen molar-refractivity contribution in [2.24, 2.45) is 0 Å². The topological polar surface area (TPSA) is 3.24 Å². The van der Waals surface area contributed by atoms with Crippen molar-refractivity contribution in [2.75, 3.05) is 19.0 Å². The van der Waals surface area contributed by atoms with Crippen molar-refractivity contribution >= 4 is 40.7 Å². The van der Waals surface area contributed by atoms with Crippen LogP contribution in [0.2, 0.25) is 10.0 Å². The highest BCUT2D eigenvalue weighted by Gasteiger charge is 2.10. The van der Waals surface area contributed by atoms with Crippen molar-refractivity contribution in [1.29, 1.82) is 0 Å². The largest absolute Gasteiger partial charge is 0.377 e. The quantitative estimate of drug-likeness (QED) is 0.751. The van der Waals surface area contributed by atoms with Crippen molar-refractivity contribution in [3.8, 4) is 0 Å². The lowest BCUT2D eigenvalue weighted by atomic mass is 10.3. The van der Waals surface area contributed by atoms with Gasteiger partial charge < -0.3 is 4.90 Å². The van der Waals surface area contributed by atoms with Crippen LogP contribution in [-0.2, 0) is 0 Å². The van der Waals surface area contributed by atoms with Gasteiger partial charge in [0.15, 0.2) is 0 Å². The predicted octanol–water partition coefficient (Wildman–Crippen LogP) is 5.35. The second-order valence-corrected chi connectivity index (χ2v) is 6.11. The van der Waals surface area contributed by atoms with Crippen molar-refractivity contribution in [2.45, 2.75) is 9.79 Å². The Balaban J connectivity index is 2.38. The van der Waals surface area contributed by atoms with E-state index in [0.717, 1.165) is 15.5 Å². The van der Waals surface area contributed by atoms with Crippen molar-refractivity contribution < 1.29 is 4.39 Å². The molecule has 0 aliphatic carbocycles. The minimum atomic E-state index is -0.254. The zero-order valence-corrected chi connectivity index (χ0v) is 12.8. The Morgan fingerprint density at radius 1 is 1.00 bits per heavy atom. The van der Waals surface area contributed by atoms with Gasteiger partial charge in [0, 0.05) is 28.9 Å². The van der Waals surface area contributed by atoms with E-state index in [1.165, 1.54) is 23.9 Å². The molecule has 0 heterocycles. The predicted molar refractivity (Wildman–Crippen MR) is 81.3 cm³/mol. The molecule has 2 aromatic carbocycles. The average molecular weight is 316 g/mol. The third-order valence-electron chi connectivity index (χ3n) is 2.52. The summed E-state index contributed by atoms with van der Waals surface area (Å²) in [5.41, 5.74) is 0.816. The molecule has 100 valence electrons. The summed E-state index contributed by atoms with van der Waals surface area (Å²) in [7, 11) is 3.75. The van der Waals surface area contributed by atoms with Crippen molar-refractivity contribution in [3.05, 3.63) is 52.3 Å². The van der Waals surface area contributed by atoms with Gasteiger partial charge in [-0.1, -0.05) is 35.0 Å². The molecular formula is C14H12Cl2FNS. The first-order valence-electron chi connectivity index (χ1n) is 5.57. The second-order valence-electron chi connectivity index (χ2n) is 4.18.